The smallest absolute Gasteiger partial charge is 0.261 e. The van der Waals surface area contributed by atoms with E-state index in [0.717, 1.165) is 6.07 Å². The Morgan fingerprint density at radius 1 is 0.925 bits per heavy atom. The van der Waals surface area contributed by atoms with Crippen molar-refractivity contribution in [2.24, 2.45) is 7.05 Å². The topological polar surface area (TPSA) is 91.0 Å². The van der Waals surface area contributed by atoms with Crippen LogP contribution in [0.5, 0.6) is 11.5 Å². The average Bonchev–Trinajstić information content (AvgIpc) is 3.32. The summed E-state index contributed by atoms with van der Waals surface area (Å²) in [5.41, 5.74) is 0.187. The first-order valence-corrected chi connectivity index (χ1v) is 12.7. The van der Waals surface area contributed by atoms with E-state index in [9.17, 15) is 14.0 Å². The number of carbonyl (C=O) groups excluding carboxylic acids is 1. The van der Waals surface area contributed by atoms with Crippen molar-refractivity contribution in [1.82, 2.24) is 19.1 Å². The first-order valence-electron chi connectivity index (χ1n) is 11.9. The number of pyridine rings is 3. The van der Waals surface area contributed by atoms with E-state index in [1.54, 1.807) is 24.4 Å². The van der Waals surface area contributed by atoms with Crippen LogP contribution in [-0.4, -0.2) is 25.0 Å². The summed E-state index contributed by atoms with van der Waals surface area (Å²) in [6, 6.07) is 14.8. The molecule has 4 heterocycles. The van der Waals surface area contributed by atoms with E-state index in [0.29, 0.717) is 21.3 Å². The second kappa shape index (κ2) is 10.0. The van der Waals surface area contributed by atoms with Gasteiger partial charge in [0.2, 0.25) is 5.43 Å². The molecule has 8 nitrogen and oxygen atoms in total. The summed E-state index contributed by atoms with van der Waals surface area (Å²) in [5.74, 6) is -1.74. The first-order chi connectivity index (χ1) is 19.3. The molecule has 0 fully saturated rings. The normalized spacial score (nSPS) is 11.2. The van der Waals surface area contributed by atoms with Gasteiger partial charge in [-0.1, -0.05) is 15.9 Å². The third-order valence-electron chi connectivity index (χ3n) is 6.31. The Bertz CT molecular complexity index is 2020. The summed E-state index contributed by atoms with van der Waals surface area (Å²) >= 11 is 3.22. The Labute approximate surface area is 233 Å². The van der Waals surface area contributed by atoms with Crippen LogP contribution in [-0.2, 0) is 7.05 Å². The van der Waals surface area contributed by atoms with Crippen LogP contribution < -0.4 is 15.5 Å². The zero-order valence-corrected chi connectivity index (χ0v) is 22.3. The molecule has 198 valence electrons. The van der Waals surface area contributed by atoms with Crippen LogP contribution in [0.2, 0.25) is 0 Å². The van der Waals surface area contributed by atoms with Gasteiger partial charge in [-0.3, -0.25) is 14.2 Å². The lowest BCUT2D eigenvalue weighted by molar-refractivity contribution is 0.102. The van der Waals surface area contributed by atoms with Gasteiger partial charge in [0.15, 0.2) is 11.6 Å². The fraction of sp³-hybridized carbons (Fsp3) is 0.0345. The van der Waals surface area contributed by atoms with Gasteiger partial charge in [0.05, 0.1) is 16.5 Å². The Hall–Kier alpha value is -4.90. The molecule has 0 saturated carbocycles. The molecule has 0 saturated heterocycles. The lowest BCUT2D eigenvalue weighted by Gasteiger charge is -2.14. The van der Waals surface area contributed by atoms with Crippen molar-refractivity contribution in [1.29, 1.82) is 0 Å². The Morgan fingerprint density at radius 2 is 1.75 bits per heavy atom. The van der Waals surface area contributed by atoms with E-state index in [2.05, 4.69) is 31.2 Å². The number of aromatic nitrogens is 4. The van der Waals surface area contributed by atoms with Crippen molar-refractivity contribution in [3.63, 3.8) is 0 Å². The molecule has 0 unspecified atom stereocenters. The van der Waals surface area contributed by atoms with E-state index >= 15 is 4.39 Å². The molecule has 1 amide bonds. The van der Waals surface area contributed by atoms with Crippen molar-refractivity contribution in [2.45, 2.75) is 0 Å². The Morgan fingerprint density at radius 3 is 2.55 bits per heavy atom. The molecule has 1 N–H and O–H groups in total. The largest absolute Gasteiger partial charge is 0.453 e. The predicted molar refractivity (Wildman–Crippen MR) is 150 cm³/mol. The third kappa shape index (κ3) is 4.50. The van der Waals surface area contributed by atoms with E-state index in [1.165, 1.54) is 47.3 Å². The highest BCUT2D eigenvalue weighted by Crippen LogP contribution is 2.32. The fourth-order valence-electron chi connectivity index (χ4n) is 4.39. The van der Waals surface area contributed by atoms with Gasteiger partial charge < -0.3 is 14.6 Å². The van der Waals surface area contributed by atoms with E-state index < -0.39 is 23.0 Å². The predicted octanol–water partition coefficient (Wildman–Crippen LogP) is 6.36. The first kappa shape index (κ1) is 25.4. The molecular formula is C29H18BrF2N5O3. The molecule has 40 heavy (non-hydrogen) atoms. The van der Waals surface area contributed by atoms with Gasteiger partial charge in [-0.25, -0.2) is 18.7 Å². The molecule has 0 aliphatic heterocycles. The minimum atomic E-state index is -0.796. The lowest BCUT2D eigenvalue weighted by Crippen LogP contribution is -2.24. The van der Waals surface area contributed by atoms with Gasteiger partial charge in [-0.05, 0) is 54.6 Å². The maximum absolute atomic E-state index is 15.0. The van der Waals surface area contributed by atoms with Crippen LogP contribution in [0, 0.1) is 11.6 Å². The number of ether oxygens (including phenoxy) is 1. The van der Waals surface area contributed by atoms with Crippen molar-refractivity contribution in [3.05, 3.63) is 117 Å². The maximum atomic E-state index is 15.0. The molecular weight excluding hydrogens is 584 g/mol. The van der Waals surface area contributed by atoms with Crippen molar-refractivity contribution in [3.8, 4) is 17.2 Å². The van der Waals surface area contributed by atoms with E-state index in [1.807, 2.05) is 23.9 Å². The summed E-state index contributed by atoms with van der Waals surface area (Å²) in [6.45, 7) is 0. The molecule has 2 aromatic carbocycles. The summed E-state index contributed by atoms with van der Waals surface area (Å²) in [6.07, 6.45) is 6.08. The van der Waals surface area contributed by atoms with Gasteiger partial charge in [-0.2, -0.15) is 0 Å². The van der Waals surface area contributed by atoms with Crippen LogP contribution in [0.1, 0.15) is 10.4 Å². The Kier molecular flexibility index (Phi) is 6.35. The maximum Gasteiger partial charge on any atom is 0.261 e. The summed E-state index contributed by atoms with van der Waals surface area (Å²) in [4.78, 5) is 34.9. The molecule has 0 atom stereocenters. The number of amides is 1. The summed E-state index contributed by atoms with van der Waals surface area (Å²) in [5, 5.41) is 3.38. The molecule has 6 aromatic rings. The minimum Gasteiger partial charge on any atom is -0.453 e. The molecule has 11 heteroatoms. The second-order valence-corrected chi connectivity index (χ2v) is 9.80. The summed E-state index contributed by atoms with van der Waals surface area (Å²) in [7, 11) is 1.84. The van der Waals surface area contributed by atoms with Crippen molar-refractivity contribution >= 4 is 49.6 Å². The average molecular weight is 602 g/mol. The zero-order valence-electron chi connectivity index (χ0n) is 20.7. The van der Waals surface area contributed by atoms with Crippen LogP contribution in [0.25, 0.3) is 27.8 Å². The lowest BCUT2D eigenvalue weighted by atomic mass is 10.1. The van der Waals surface area contributed by atoms with Crippen LogP contribution >= 0.6 is 15.9 Å². The number of fused-ring (bicyclic) bond motifs is 2. The minimum absolute atomic E-state index is 0.0563. The van der Waals surface area contributed by atoms with Crippen molar-refractivity contribution < 1.29 is 18.3 Å². The number of benzene rings is 2. The number of hydrogen-bond donors (Lipinski definition) is 1. The molecule has 0 spiro atoms. The third-order valence-corrected chi connectivity index (χ3v) is 6.81. The Balaban J connectivity index is 1.33. The van der Waals surface area contributed by atoms with Gasteiger partial charge >= 0.3 is 0 Å². The number of carbonyl (C=O) groups is 1. The van der Waals surface area contributed by atoms with Gasteiger partial charge in [0.1, 0.15) is 28.4 Å². The monoisotopic (exact) mass is 601 g/mol. The molecule has 6 rings (SSSR count). The fourth-order valence-corrected chi connectivity index (χ4v) is 4.72. The number of hydrogen-bond acceptors (Lipinski definition) is 5. The van der Waals surface area contributed by atoms with Gasteiger partial charge in [-0.15, -0.1) is 0 Å². The number of nitrogens with zero attached hydrogens (tertiary/aromatic N) is 4. The number of nitrogens with one attached hydrogen (secondary N) is 1. The van der Waals surface area contributed by atoms with Gasteiger partial charge in [0.25, 0.3) is 5.91 Å². The van der Waals surface area contributed by atoms with Crippen LogP contribution in [0.15, 0.2) is 94.7 Å². The molecule has 0 aliphatic carbocycles. The molecule has 0 aliphatic rings. The standard InChI is InChI=1S/C29H18BrF2N5O3/c1-36-12-9-18-24(8-11-34-27(18)36)40-25-7-5-17(14-22(25)32)35-29(39)20-15-37(23-6-4-16(30)13-21(23)31)28-19(26(20)38)3-2-10-33-28/h2-15H,1H3,(H,35,39). The number of rotatable bonds is 5. The number of halogens is 3. The second-order valence-electron chi connectivity index (χ2n) is 8.89. The van der Waals surface area contributed by atoms with Crippen LogP contribution in [0.3, 0.4) is 0 Å². The van der Waals surface area contributed by atoms with E-state index in [-0.39, 0.29) is 33.7 Å². The quantitative estimate of drug-likeness (QED) is 0.248. The SMILES string of the molecule is Cn1ccc2c(Oc3ccc(NC(=O)c4cn(-c5ccc(Br)cc5F)c5ncccc5c4=O)cc3F)ccnc21. The van der Waals surface area contributed by atoms with Crippen molar-refractivity contribution in [2.75, 3.05) is 5.32 Å². The number of aryl methyl sites for hydroxylation is 1. The van der Waals surface area contributed by atoms with Gasteiger partial charge in [0, 0.05) is 48.1 Å². The molecule has 0 radical (unpaired) electrons. The molecule has 0 bridgehead atoms. The van der Waals surface area contributed by atoms with E-state index in [4.69, 9.17) is 4.74 Å². The van der Waals surface area contributed by atoms with Crippen LogP contribution in [0.4, 0.5) is 14.5 Å². The highest BCUT2D eigenvalue weighted by molar-refractivity contribution is 9.10. The zero-order chi connectivity index (χ0) is 28.0. The summed E-state index contributed by atoms with van der Waals surface area (Å²) < 4.78 is 39.4. The highest BCUT2D eigenvalue weighted by atomic mass is 79.9. The number of anilines is 1. The highest BCUT2D eigenvalue weighted by Gasteiger charge is 2.19. The molecule has 4 aromatic heterocycles.